The van der Waals surface area contributed by atoms with Gasteiger partial charge in [0.2, 0.25) is 5.91 Å². The standard InChI is InChI=1S/C10H16N4O3/c1-11-9(15)3-4-12-6-8-7(10(16)17)5-13-14(8)2/h5,12H,3-4,6H2,1-2H3,(H,11,15)(H,16,17). The van der Waals surface area contributed by atoms with Crippen LogP contribution in [-0.4, -0.2) is 40.4 Å². The molecule has 0 saturated carbocycles. The van der Waals surface area contributed by atoms with Crippen molar-refractivity contribution in [3.05, 3.63) is 17.5 Å². The molecule has 0 bridgehead atoms. The zero-order chi connectivity index (χ0) is 12.8. The highest BCUT2D eigenvalue weighted by molar-refractivity contribution is 5.88. The Bertz CT molecular complexity index is 414. The van der Waals surface area contributed by atoms with Crippen molar-refractivity contribution in [3.8, 4) is 0 Å². The van der Waals surface area contributed by atoms with E-state index in [1.54, 1.807) is 14.1 Å². The average Bonchev–Trinajstić information content (AvgIpc) is 2.66. The summed E-state index contributed by atoms with van der Waals surface area (Å²) in [7, 11) is 3.26. The van der Waals surface area contributed by atoms with Crippen LogP contribution < -0.4 is 10.6 Å². The van der Waals surface area contributed by atoms with Crippen molar-refractivity contribution in [2.75, 3.05) is 13.6 Å². The van der Waals surface area contributed by atoms with Gasteiger partial charge in [-0.1, -0.05) is 0 Å². The van der Waals surface area contributed by atoms with Crippen LogP contribution in [0.15, 0.2) is 6.20 Å². The fraction of sp³-hybridized carbons (Fsp3) is 0.500. The van der Waals surface area contributed by atoms with E-state index in [0.29, 0.717) is 25.2 Å². The van der Waals surface area contributed by atoms with Gasteiger partial charge in [-0.2, -0.15) is 5.10 Å². The van der Waals surface area contributed by atoms with Crippen molar-refractivity contribution in [1.29, 1.82) is 0 Å². The van der Waals surface area contributed by atoms with Crippen molar-refractivity contribution < 1.29 is 14.7 Å². The summed E-state index contributed by atoms with van der Waals surface area (Å²) in [5.74, 6) is -1.05. The number of aryl methyl sites for hydroxylation is 1. The molecule has 0 aliphatic carbocycles. The molecule has 1 aromatic rings. The Kier molecular flexibility index (Phi) is 4.65. The molecule has 0 aliphatic rings. The SMILES string of the molecule is CNC(=O)CCNCc1c(C(=O)O)cnn1C. The Morgan fingerprint density at radius 1 is 1.53 bits per heavy atom. The van der Waals surface area contributed by atoms with Gasteiger partial charge in [-0.25, -0.2) is 4.79 Å². The lowest BCUT2D eigenvalue weighted by atomic mass is 10.2. The molecule has 0 aromatic carbocycles. The first-order chi connectivity index (χ1) is 8.06. The summed E-state index contributed by atoms with van der Waals surface area (Å²) in [5, 5.41) is 18.3. The first-order valence-electron chi connectivity index (χ1n) is 5.21. The van der Waals surface area contributed by atoms with Crippen LogP contribution in [0.1, 0.15) is 22.5 Å². The van der Waals surface area contributed by atoms with E-state index in [1.807, 2.05) is 0 Å². The number of nitrogens with zero attached hydrogens (tertiary/aromatic N) is 2. The second-order valence-electron chi connectivity index (χ2n) is 3.53. The molecule has 0 aliphatic heterocycles. The molecule has 94 valence electrons. The monoisotopic (exact) mass is 240 g/mol. The summed E-state index contributed by atoms with van der Waals surface area (Å²) in [6.07, 6.45) is 1.68. The molecule has 17 heavy (non-hydrogen) atoms. The molecular weight excluding hydrogens is 224 g/mol. The van der Waals surface area contributed by atoms with E-state index in [9.17, 15) is 9.59 Å². The third-order valence-electron chi connectivity index (χ3n) is 2.39. The minimum atomic E-state index is -0.999. The predicted molar refractivity (Wildman–Crippen MR) is 60.6 cm³/mol. The molecule has 7 nitrogen and oxygen atoms in total. The number of amides is 1. The second kappa shape index (κ2) is 6.00. The van der Waals surface area contributed by atoms with Crippen LogP contribution in [-0.2, 0) is 18.4 Å². The highest BCUT2D eigenvalue weighted by Gasteiger charge is 2.14. The normalized spacial score (nSPS) is 10.2. The van der Waals surface area contributed by atoms with Gasteiger partial charge in [0, 0.05) is 33.6 Å². The van der Waals surface area contributed by atoms with Crippen LogP contribution in [0, 0.1) is 0 Å². The fourth-order valence-corrected chi connectivity index (χ4v) is 1.38. The van der Waals surface area contributed by atoms with Gasteiger partial charge in [-0.3, -0.25) is 9.48 Å². The van der Waals surface area contributed by atoms with E-state index >= 15 is 0 Å². The van der Waals surface area contributed by atoms with Crippen LogP contribution in [0.5, 0.6) is 0 Å². The molecule has 0 unspecified atom stereocenters. The van der Waals surface area contributed by atoms with Crippen LogP contribution in [0.2, 0.25) is 0 Å². The van der Waals surface area contributed by atoms with Gasteiger partial charge in [-0.15, -0.1) is 0 Å². The molecule has 0 fully saturated rings. The van der Waals surface area contributed by atoms with Crippen LogP contribution in [0.4, 0.5) is 0 Å². The lowest BCUT2D eigenvalue weighted by molar-refractivity contribution is -0.120. The number of rotatable bonds is 6. The number of carboxylic acid groups (broad SMARTS) is 1. The van der Waals surface area contributed by atoms with Crippen molar-refractivity contribution in [1.82, 2.24) is 20.4 Å². The van der Waals surface area contributed by atoms with Crippen molar-refractivity contribution in [2.45, 2.75) is 13.0 Å². The topological polar surface area (TPSA) is 96.2 Å². The van der Waals surface area contributed by atoms with E-state index < -0.39 is 5.97 Å². The van der Waals surface area contributed by atoms with E-state index in [4.69, 9.17) is 5.11 Å². The zero-order valence-electron chi connectivity index (χ0n) is 9.86. The highest BCUT2D eigenvalue weighted by atomic mass is 16.4. The molecule has 0 spiro atoms. The van der Waals surface area contributed by atoms with Gasteiger partial charge in [0.25, 0.3) is 0 Å². The van der Waals surface area contributed by atoms with Gasteiger partial charge in [0.15, 0.2) is 0 Å². The van der Waals surface area contributed by atoms with Gasteiger partial charge >= 0.3 is 5.97 Å². The van der Waals surface area contributed by atoms with Gasteiger partial charge in [0.1, 0.15) is 5.56 Å². The quantitative estimate of drug-likeness (QED) is 0.574. The highest BCUT2D eigenvalue weighted by Crippen LogP contribution is 2.06. The zero-order valence-corrected chi connectivity index (χ0v) is 9.86. The molecule has 1 heterocycles. The molecule has 7 heteroatoms. The molecule has 1 rings (SSSR count). The fourth-order valence-electron chi connectivity index (χ4n) is 1.38. The minimum Gasteiger partial charge on any atom is -0.478 e. The third-order valence-corrected chi connectivity index (χ3v) is 2.39. The van der Waals surface area contributed by atoms with E-state index in [-0.39, 0.29) is 11.5 Å². The third kappa shape index (κ3) is 3.56. The molecule has 1 amide bonds. The predicted octanol–water partition coefficient (Wildman–Crippen LogP) is -0.656. The largest absolute Gasteiger partial charge is 0.478 e. The summed E-state index contributed by atoms with van der Waals surface area (Å²) in [6, 6.07) is 0. The van der Waals surface area contributed by atoms with E-state index in [0.717, 1.165) is 0 Å². The summed E-state index contributed by atoms with van der Waals surface area (Å²) >= 11 is 0. The Labute approximate surface area is 98.8 Å². The van der Waals surface area contributed by atoms with Crippen LogP contribution >= 0.6 is 0 Å². The maximum Gasteiger partial charge on any atom is 0.339 e. The summed E-state index contributed by atoms with van der Waals surface area (Å²) in [4.78, 5) is 21.8. The van der Waals surface area contributed by atoms with Crippen molar-refractivity contribution in [2.24, 2.45) is 7.05 Å². The Balaban J connectivity index is 2.49. The Hall–Kier alpha value is -1.89. The molecule has 0 atom stereocenters. The summed E-state index contributed by atoms with van der Waals surface area (Å²) < 4.78 is 1.51. The second-order valence-corrected chi connectivity index (χ2v) is 3.53. The molecule has 1 aromatic heterocycles. The number of hydrogen-bond donors (Lipinski definition) is 3. The van der Waals surface area contributed by atoms with Gasteiger partial charge in [0.05, 0.1) is 11.9 Å². The summed E-state index contributed by atoms with van der Waals surface area (Å²) in [5.41, 5.74) is 0.773. The van der Waals surface area contributed by atoms with E-state index in [2.05, 4.69) is 15.7 Å². The van der Waals surface area contributed by atoms with Gasteiger partial charge in [-0.05, 0) is 0 Å². The lowest BCUT2D eigenvalue weighted by Gasteiger charge is -2.06. The number of nitrogens with one attached hydrogen (secondary N) is 2. The molecular formula is C10H16N4O3. The van der Waals surface area contributed by atoms with E-state index in [1.165, 1.54) is 10.9 Å². The smallest absolute Gasteiger partial charge is 0.339 e. The number of carboxylic acids is 1. The van der Waals surface area contributed by atoms with Crippen LogP contribution in [0.3, 0.4) is 0 Å². The van der Waals surface area contributed by atoms with Crippen molar-refractivity contribution >= 4 is 11.9 Å². The van der Waals surface area contributed by atoms with Crippen LogP contribution in [0.25, 0.3) is 0 Å². The first kappa shape index (κ1) is 13.2. The number of hydrogen-bond acceptors (Lipinski definition) is 4. The number of carbonyl (C=O) groups excluding carboxylic acids is 1. The Morgan fingerprint density at radius 3 is 2.82 bits per heavy atom. The number of aromatic carboxylic acids is 1. The molecule has 0 radical (unpaired) electrons. The average molecular weight is 240 g/mol. The van der Waals surface area contributed by atoms with Gasteiger partial charge < -0.3 is 15.7 Å². The number of aromatic nitrogens is 2. The van der Waals surface area contributed by atoms with Crippen molar-refractivity contribution in [3.63, 3.8) is 0 Å². The lowest BCUT2D eigenvalue weighted by Crippen LogP contribution is -2.25. The maximum atomic E-state index is 11.0. The minimum absolute atomic E-state index is 0.0547. The Morgan fingerprint density at radius 2 is 2.24 bits per heavy atom. The summed E-state index contributed by atoms with van der Waals surface area (Å²) in [6.45, 7) is 0.860. The maximum absolute atomic E-state index is 11.0. The molecule has 0 saturated heterocycles. The number of carbonyl (C=O) groups is 2. The first-order valence-corrected chi connectivity index (χ1v) is 5.21. The molecule has 3 N–H and O–H groups in total.